The number of amides is 1. The maximum atomic E-state index is 13.5. The summed E-state index contributed by atoms with van der Waals surface area (Å²) in [4.78, 5) is 72.4. The molecule has 0 bridgehead atoms. The van der Waals surface area contributed by atoms with Crippen LogP contribution in [-0.2, 0) is 30.3 Å². The zero-order chi connectivity index (χ0) is 32.4. The van der Waals surface area contributed by atoms with E-state index >= 15 is 0 Å². The summed E-state index contributed by atoms with van der Waals surface area (Å²) in [6.45, 7) is 13.4. The Balaban J connectivity index is 1.62. The van der Waals surface area contributed by atoms with Gasteiger partial charge in [0.1, 0.15) is 5.82 Å². The lowest BCUT2D eigenvalue weighted by Gasteiger charge is -2.31. The maximum Gasteiger partial charge on any atom is 0.224 e. The van der Waals surface area contributed by atoms with Gasteiger partial charge in [0.05, 0.1) is 25.2 Å². The first kappa shape index (κ1) is 34.8. The minimum absolute atomic E-state index is 0.0359. The fraction of sp³-hybridized carbons (Fsp3) is 0.543. The number of morpholine rings is 1. The third-order valence-corrected chi connectivity index (χ3v) is 8.32. The topological polar surface area (TPSA) is 123 Å². The number of pyridine rings is 1. The average molecular weight is 606 g/mol. The molecule has 0 spiro atoms. The number of nitrogens with one attached hydrogen (secondary N) is 1. The maximum absolute atomic E-state index is 13.5. The van der Waals surface area contributed by atoms with Gasteiger partial charge in [0.2, 0.25) is 11.7 Å². The summed E-state index contributed by atoms with van der Waals surface area (Å²) in [5.74, 6) is -2.95. The summed E-state index contributed by atoms with van der Waals surface area (Å²) in [5.41, 5.74) is 0.878. The Bertz CT molecular complexity index is 1310. The van der Waals surface area contributed by atoms with Crippen LogP contribution in [0.3, 0.4) is 0 Å². The van der Waals surface area contributed by atoms with Gasteiger partial charge in [0.25, 0.3) is 0 Å². The number of aromatic nitrogens is 1. The van der Waals surface area contributed by atoms with Crippen molar-refractivity contribution in [1.82, 2.24) is 10.3 Å². The van der Waals surface area contributed by atoms with Crippen molar-refractivity contribution < 1.29 is 28.7 Å². The standard InChI is InChI=1S/C35H47N3O6/c1-23(2)27(33(42)29(39)13-12-25-10-8-7-9-11-25)21-30(40)24(3)37-34(43)28(35(4,5)6)22-31(41)26-14-15-36-32(20-26)38-16-18-44-19-17-38/h7-11,14-15,20,23-24,27-28H,12-13,16-19,21-22H2,1-6H3,(H,37,43)/t24-,27-,28+/m0/s1. The quantitative estimate of drug-likeness (QED) is 0.230. The Morgan fingerprint density at radius 3 is 2.23 bits per heavy atom. The zero-order valence-electron chi connectivity index (χ0n) is 26.9. The van der Waals surface area contributed by atoms with E-state index in [2.05, 4.69) is 15.2 Å². The van der Waals surface area contributed by atoms with E-state index in [0.717, 1.165) is 5.56 Å². The highest BCUT2D eigenvalue weighted by Crippen LogP contribution is 2.31. The highest BCUT2D eigenvalue weighted by molar-refractivity contribution is 6.38. The predicted molar refractivity (Wildman–Crippen MR) is 169 cm³/mol. The summed E-state index contributed by atoms with van der Waals surface area (Å²) >= 11 is 0. The number of carbonyl (C=O) groups is 5. The molecular formula is C35H47N3O6. The van der Waals surface area contributed by atoms with Crippen LogP contribution in [-0.4, -0.2) is 66.4 Å². The Labute approximate surface area is 261 Å². The van der Waals surface area contributed by atoms with Crippen LogP contribution in [0.4, 0.5) is 5.82 Å². The van der Waals surface area contributed by atoms with E-state index < -0.39 is 40.8 Å². The van der Waals surface area contributed by atoms with Crippen LogP contribution in [0, 0.1) is 23.2 Å². The third-order valence-electron chi connectivity index (χ3n) is 8.32. The Morgan fingerprint density at radius 2 is 1.61 bits per heavy atom. The summed E-state index contributed by atoms with van der Waals surface area (Å²) < 4.78 is 5.41. The van der Waals surface area contributed by atoms with Crippen LogP contribution < -0.4 is 10.2 Å². The molecule has 238 valence electrons. The first-order valence-electron chi connectivity index (χ1n) is 15.5. The molecule has 1 aromatic carbocycles. The van der Waals surface area contributed by atoms with E-state index in [1.807, 2.05) is 65.0 Å². The number of hydrogen-bond acceptors (Lipinski definition) is 8. The highest BCUT2D eigenvalue weighted by atomic mass is 16.5. The van der Waals surface area contributed by atoms with Crippen LogP contribution in [0.5, 0.6) is 0 Å². The van der Waals surface area contributed by atoms with Crippen LogP contribution in [0.2, 0.25) is 0 Å². The molecule has 1 aliphatic heterocycles. The number of ether oxygens (including phenoxy) is 1. The molecule has 0 saturated carbocycles. The van der Waals surface area contributed by atoms with Crippen LogP contribution in [0.15, 0.2) is 48.7 Å². The van der Waals surface area contributed by atoms with Crippen LogP contribution >= 0.6 is 0 Å². The van der Waals surface area contributed by atoms with Gasteiger partial charge in [-0.1, -0.05) is 65.0 Å². The van der Waals surface area contributed by atoms with Crippen molar-refractivity contribution in [2.24, 2.45) is 23.2 Å². The van der Waals surface area contributed by atoms with Crippen LogP contribution in [0.25, 0.3) is 0 Å². The molecule has 1 N–H and O–H groups in total. The molecule has 1 aromatic heterocycles. The fourth-order valence-electron chi connectivity index (χ4n) is 5.30. The SMILES string of the molecule is CC(C)[C@H](CC(=O)[C@H](C)NC(=O)[C@@H](CC(=O)c1ccnc(N2CCOCC2)c1)C(C)(C)C)C(=O)C(=O)CCc1ccccc1. The predicted octanol–water partition coefficient (Wildman–Crippen LogP) is 4.66. The van der Waals surface area contributed by atoms with Crippen LogP contribution in [0.1, 0.15) is 76.7 Å². The molecule has 1 saturated heterocycles. The number of aryl methyl sites for hydroxylation is 1. The zero-order valence-corrected chi connectivity index (χ0v) is 26.9. The average Bonchev–Trinajstić information content (AvgIpc) is 3.00. The molecule has 9 heteroatoms. The smallest absolute Gasteiger partial charge is 0.224 e. The molecule has 1 aliphatic rings. The summed E-state index contributed by atoms with van der Waals surface area (Å²) in [6.07, 6.45) is 1.96. The molecule has 9 nitrogen and oxygen atoms in total. The Kier molecular flexibility index (Phi) is 12.5. The lowest BCUT2D eigenvalue weighted by Crippen LogP contribution is -2.46. The number of carbonyl (C=O) groups excluding carboxylic acids is 5. The third kappa shape index (κ3) is 9.91. The van der Waals surface area contributed by atoms with Gasteiger partial charge in [0.15, 0.2) is 17.3 Å². The normalized spacial score (nSPS) is 15.8. The van der Waals surface area contributed by atoms with Crippen molar-refractivity contribution in [2.75, 3.05) is 31.2 Å². The van der Waals surface area contributed by atoms with Crippen molar-refractivity contribution in [3.8, 4) is 0 Å². The molecule has 2 heterocycles. The summed E-state index contributed by atoms with van der Waals surface area (Å²) in [7, 11) is 0. The number of nitrogens with zero attached hydrogens (tertiary/aromatic N) is 2. The molecule has 0 aliphatic carbocycles. The molecule has 3 rings (SSSR count). The number of ketones is 4. The van der Waals surface area contributed by atoms with Crippen molar-refractivity contribution in [3.05, 3.63) is 59.8 Å². The lowest BCUT2D eigenvalue weighted by molar-refractivity contribution is -0.141. The van der Waals surface area contributed by atoms with E-state index in [9.17, 15) is 24.0 Å². The fourth-order valence-corrected chi connectivity index (χ4v) is 5.30. The van der Waals surface area contributed by atoms with E-state index in [4.69, 9.17) is 4.74 Å². The second kappa shape index (κ2) is 15.8. The number of rotatable bonds is 15. The van der Waals surface area contributed by atoms with E-state index in [0.29, 0.717) is 44.1 Å². The first-order valence-corrected chi connectivity index (χ1v) is 15.5. The van der Waals surface area contributed by atoms with Gasteiger partial charge in [-0.15, -0.1) is 0 Å². The molecule has 1 fully saturated rings. The second-order valence-electron chi connectivity index (χ2n) is 13.1. The largest absolute Gasteiger partial charge is 0.378 e. The van der Waals surface area contributed by atoms with Crippen molar-refractivity contribution in [3.63, 3.8) is 0 Å². The van der Waals surface area contributed by atoms with Gasteiger partial charge >= 0.3 is 0 Å². The summed E-state index contributed by atoms with van der Waals surface area (Å²) in [6, 6.07) is 12.0. The monoisotopic (exact) mass is 605 g/mol. The van der Waals surface area contributed by atoms with Gasteiger partial charge in [-0.25, -0.2) is 4.98 Å². The van der Waals surface area contributed by atoms with E-state index in [1.165, 1.54) is 0 Å². The van der Waals surface area contributed by atoms with Gasteiger partial charge in [-0.05, 0) is 42.4 Å². The van der Waals surface area contributed by atoms with Crippen molar-refractivity contribution in [1.29, 1.82) is 0 Å². The van der Waals surface area contributed by atoms with Crippen molar-refractivity contribution in [2.45, 2.75) is 73.3 Å². The van der Waals surface area contributed by atoms with Gasteiger partial charge in [-0.2, -0.15) is 0 Å². The molecule has 2 aromatic rings. The second-order valence-corrected chi connectivity index (χ2v) is 13.1. The lowest BCUT2D eigenvalue weighted by atomic mass is 9.76. The molecule has 0 unspecified atom stereocenters. The molecule has 1 amide bonds. The van der Waals surface area contributed by atoms with Gasteiger partial charge in [-0.3, -0.25) is 24.0 Å². The van der Waals surface area contributed by atoms with E-state index in [-0.39, 0.29) is 36.7 Å². The first-order chi connectivity index (χ1) is 20.8. The molecular weight excluding hydrogens is 558 g/mol. The summed E-state index contributed by atoms with van der Waals surface area (Å²) in [5, 5.41) is 2.79. The number of hydrogen-bond donors (Lipinski definition) is 1. The van der Waals surface area contributed by atoms with E-state index in [1.54, 1.807) is 25.3 Å². The minimum atomic E-state index is -0.884. The minimum Gasteiger partial charge on any atom is -0.378 e. The molecule has 3 atom stereocenters. The van der Waals surface area contributed by atoms with Crippen molar-refractivity contribution >= 4 is 34.9 Å². The Hall–Kier alpha value is -3.72. The number of Topliss-reactive ketones (excluding diaryl/α,β-unsaturated/α-hetero) is 4. The highest BCUT2D eigenvalue weighted by Gasteiger charge is 2.36. The number of benzene rings is 1. The molecule has 0 radical (unpaired) electrons. The van der Waals surface area contributed by atoms with Gasteiger partial charge < -0.3 is 15.0 Å². The molecule has 44 heavy (non-hydrogen) atoms. The Morgan fingerprint density at radius 1 is 0.955 bits per heavy atom. The number of anilines is 1. The van der Waals surface area contributed by atoms with Gasteiger partial charge in [0, 0.05) is 50.0 Å².